The van der Waals surface area contributed by atoms with E-state index in [1.165, 1.54) is 0 Å². The number of benzene rings is 3. The second-order valence-electron chi connectivity index (χ2n) is 9.41. The van der Waals surface area contributed by atoms with E-state index in [2.05, 4.69) is 30.2 Å². The van der Waals surface area contributed by atoms with Crippen molar-refractivity contribution in [2.75, 3.05) is 26.2 Å². The Morgan fingerprint density at radius 3 is 2.24 bits per heavy atom. The van der Waals surface area contributed by atoms with Crippen molar-refractivity contribution in [1.29, 1.82) is 0 Å². The normalized spacial score (nSPS) is 11.3. The highest BCUT2D eigenvalue weighted by Gasteiger charge is 2.18. The van der Waals surface area contributed by atoms with Crippen molar-refractivity contribution in [2.24, 2.45) is 0 Å². The van der Waals surface area contributed by atoms with E-state index in [-0.39, 0.29) is 5.78 Å². The fraction of sp³-hybridized carbons (Fsp3) is 0.344. The first kappa shape index (κ1) is 27.7. The maximum absolute atomic E-state index is 13.7. The van der Waals surface area contributed by atoms with Crippen LogP contribution in [-0.2, 0) is 6.54 Å². The summed E-state index contributed by atoms with van der Waals surface area (Å²) in [6.07, 6.45) is 5.07. The number of halogens is 1. The van der Waals surface area contributed by atoms with Gasteiger partial charge in [-0.05, 0) is 92.7 Å². The number of ether oxygens (including phenoxy) is 2. The maximum Gasteiger partial charge on any atom is 0.195 e. The standard InChI is InChI=1S/C32H37ClN2O3/c1-4-7-20-35-23-30(29-22-28(17-18-31(29)35)38-27-15-11-25(33)12-16-27)32(36)24-9-13-26(14-10-24)37-21-8-19-34(5-2)6-3/h9-18,22-23H,4-8,19-21H2,1-3H3. The number of hydrogen-bond donors (Lipinski definition) is 0. The van der Waals surface area contributed by atoms with Gasteiger partial charge in [0.15, 0.2) is 5.78 Å². The van der Waals surface area contributed by atoms with Crippen LogP contribution in [0.15, 0.2) is 72.9 Å². The summed E-state index contributed by atoms with van der Waals surface area (Å²) in [5, 5.41) is 1.54. The van der Waals surface area contributed by atoms with Crippen LogP contribution < -0.4 is 9.47 Å². The number of aryl methyl sites for hydroxylation is 1. The third-order valence-corrected chi connectivity index (χ3v) is 7.05. The van der Waals surface area contributed by atoms with Crippen LogP contribution in [0, 0.1) is 0 Å². The van der Waals surface area contributed by atoms with Crippen molar-refractivity contribution in [3.63, 3.8) is 0 Å². The summed E-state index contributed by atoms with van der Waals surface area (Å²) in [5.41, 5.74) is 2.34. The average Bonchev–Trinajstić information content (AvgIpc) is 3.31. The monoisotopic (exact) mass is 532 g/mol. The first-order valence-corrected chi connectivity index (χ1v) is 14.0. The first-order valence-electron chi connectivity index (χ1n) is 13.6. The Balaban J connectivity index is 1.53. The Morgan fingerprint density at radius 1 is 0.868 bits per heavy atom. The van der Waals surface area contributed by atoms with Crippen LogP contribution in [0.5, 0.6) is 17.2 Å². The highest BCUT2D eigenvalue weighted by atomic mass is 35.5. The summed E-state index contributed by atoms with van der Waals surface area (Å²) in [5.74, 6) is 2.14. The summed E-state index contributed by atoms with van der Waals surface area (Å²) in [7, 11) is 0. The van der Waals surface area contributed by atoms with Crippen molar-refractivity contribution in [1.82, 2.24) is 9.47 Å². The average molecular weight is 533 g/mol. The molecule has 0 aliphatic carbocycles. The van der Waals surface area contributed by atoms with Gasteiger partial charge in [-0.3, -0.25) is 4.79 Å². The van der Waals surface area contributed by atoms with Crippen molar-refractivity contribution in [2.45, 2.75) is 46.6 Å². The second kappa shape index (κ2) is 13.5. The van der Waals surface area contributed by atoms with E-state index in [1.807, 2.05) is 60.8 Å². The lowest BCUT2D eigenvalue weighted by Crippen LogP contribution is -2.25. The van der Waals surface area contributed by atoms with Crippen LogP contribution in [-0.4, -0.2) is 41.5 Å². The van der Waals surface area contributed by atoms with E-state index in [9.17, 15) is 4.79 Å². The molecule has 0 bridgehead atoms. The van der Waals surface area contributed by atoms with Crippen LogP contribution in [0.3, 0.4) is 0 Å². The number of carbonyl (C=O) groups is 1. The molecular formula is C32H37ClN2O3. The fourth-order valence-electron chi connectivity index (χ4n) is 4.55. The van der Waals surface area contributed by atoms with Gasteiger partial charge in [0.1, 0.15) is 17.2 Å². The lowest BCUT2D eigenvalue weighted by molar-refractivity contribution is 0.104. The van der Waals surface area contributed by atoms with Crippen molar-refractivity contribution in [3.8, 4) is 17.2 Å². The van der Waals surface area contributed by atoms with Gasteiger partial charge in [-0.2, -0.15) is 0 Å². The molecule has 1 heterocycles. The predicted octanol–water partition coefficient (Wildman–Crippen LogP) is 8.23. The lowest BCUT2D eigenvalue weighted by atomic mass is 10.0. The van der Waals surface area contributed by atoms with Gasteiger partial charge in [0.25, 0.3) is 0 Å². The molecule has 0 saturated heterocycles. The highest BCUT2D eigenvalue weighted by molar-refractivity contribution is 6.30. The minimum absolute atomic E-state index is 0.0121. The maximum atomic E-state index is 13.7. The van der Waals surface area contributed by atoms with Gasteiger partial charge < -0.3 is 18.9 Å². The predicted molar refractivity (Wildman–Crippen MR) is 156 cm³/mol. The van der Waals surface area contributed by atoms with Gasteiger partial charge in [0.2, 0.25) is 0 Å². The number of ketones is 1. The van der Waals surface area contributed by atoms with Crippen LogP contribution in [0.1, 0.15) is 56.0 Å². The SMILES string of the molecule is CCCCn1cc(C(=O)c2ccc(OCCCN(CC)CC)cc2)c2cc(Oc3ccc(Cl)cc3)ccc21. The largest absolute Gasteiger partial charge is 0.494 e. The summed E-state index contributed by atoms with van der Waals surface area (Å²) < 4.78 is 14.2. The number of nitrogens with zero attached hydrogens (tertiary/aromatic N) is 2. The molecule has 0 saturated carbocycles. The molecular weight excluding hydrogens is 496 g/mol. The summed E-state index contributed by atoms with van der Waals surface area (Å²) in [6, 6.07) is 20.7. The molecule has 0 aliphatic heterocycles. The third kappa shape index (κ3) is 6.97. The van der Waals surface area contributed by atoms with E-state index >= 15 is 0 Å². The minimum atomic E-state index is -0.0121. The smallest absolute Gasteiger partial charge is 0.195 e. The van der Waals surface area contributed by atoms with E-state index in [0.29, 0.717) is 34.3 Å². The molecule has 5 nitrogen and oxygen atoms in total. The second-order valence-corrected chi connectivity index (χ2v) is 9.84. The molecule has 0 radical (unpaired) electrons. The molecule has 3 aromatic carbocycles. The molecule has 0 N–H and O–H groups in total. The molecule has 0 fully saturated rings. The van der Waals surface area contributed by atoms with Gasteiger partial charge in [-0.1, -0.05) is 38.8 Å². The van der Waals surface area contributed by atoms with Crippen LogP contribution >= 0.6 is 11.6 Å². The molecule has 0 atom stereocenters. The number of aromatic nitrogens is 1. The number of unbranched alkanes of at least 4 members (excludes halogenated alkanes) is 1. The molecule has 0 unspecified atom stereocenters. The summed E-state index contributed by atoms with van der Waals surface area (Å²) in [4.78, 5) is 16.0. The zero-order valence-corrected chi connectivity index (χ0v) is 23.3. The van der Waals surface area contributed by atoms with E-state index in [0.717, 1.165) is 62.1 Å². The first-order chi connectivity index (χ1) is 18.5. The Bertz CT molecular complexity index is 1330. The molecule has 0 aliphatic rings. The summed E-state index contributed by atoms with van der Waals surface area (Å²) in [6.45, 7) is 11.2. The van der Waals surface area contributed by atoms with E-state index in [1.54, 1.807) is 12.1 Å². The zero-order valence-electron chi connectivity index (χ0n) is 22.6. The third-order valence-electron chi connectivity index (χ3n) is 6.80. The van der Waals surface area contributed by atoms with Gasteiger partial charge in [0.05, 0.1) is 6.61 Å². The highest BCUT2D eigenvalue weighted by Crippen LogP contribution is 2.31. The number of carbonyl (C=O) groups excluding carboxylic acids is 1. The Hall–Kier alpha value is -3.28. The quantitative estimate of drug-likeness (QED) is 0.121. The molecule has 0 amide bonds. The van der Waals surface area contributed by atoms with E-state index < -0.39 is 0 Å². The lowest BCUT2D eigenvalue weighted by Gasteiger charge is -2.17. The minimum Gasteiger partial charge on any atom is -0.494 e. The van der Waals surface area contributed by atoms with Gasteiger partial charge in [-0.15, -0.1) is 0 Å². The Labute approximate surface area is 230 Å². The van der Waals surface area contributed by atoms with Gasteiger partial charge in [0, 0.05) is 46.3 Å². The number of rotatable bonds is 14. The molecule has 4 rings (SSSR count). The summed E-state index contributed by atoms with van der Waals surface area (Å²) >= 11 is 6.01. The number of hydrogen-bond acceptors (Lipinski definition) is 4. The van der Waals surface area contributed by atoms with Crippen LogP contribution in [0.4, 0.5) is 0 Å². The molecule has 1 aromatic heterocycles. The van der Waals surface area contributed by atoms with Gasteiger partial charge >= 0.3 is 0 Å². The molecule has 4 aromatic rings. The Kier molecular flexibility index (Phi) is 9.85. The topological polar surface area (TPSA) is 43.7 Å². The fourth-order valence-corrected chi connectivity index (χ4v) is 4.67. The molecule has 6 heteroatoms. The van der Waals surface area contributed by atoms with Crippen molar-refractivity contribution >= 4 is 28.3 Å². The van der Waals surface area contributed by atoms with Crippen molar-refractivity contribution in [3.05, 3.63) is 89.1 Å². The Morgan fingerprint density at radius 2 is 1.55 bits per heavy atom. The molecule has 200 valence electrons. The van der Waals surface area contributed by atoms with Crippen LogP contribution in [0.25, 0.3) is 10.9 Å². The zero-order chi connectivity index (χ0) is 26.9. The molecule has 38 heavy (non-hydrogen) atoms. The van der Waals surface area contributed by atoms with Crippen LogP contribution in [0.2, 0.25) is 5.02 Å². The van der Waals surface area contributed by atoms with Crippen molar-refractivity contribution < 1.29 is 14.3 Å². The van der Waals surface area contributed by atoms with Gasteiger partial charge in [-0.25, -0.2) is 0 Å². The number of fused-ring (bicyclic) bond motifs is 1. The van der Waals surface area contributed by atoms with E-state index in [4.69, 9.17) is 21.1 Å². The molecule has 0 spiro atoms.